The van der Waals surface area contributed by atoms with Crippen molar-refractivity contribution in [3.8, 4) is 5.88 Å². The van der Waals surface area contributed by atoms with E-state index in [1.807, 2.05) is 0 Å². The lowest BCUT2D eigenvalue weighted by atomic mass is 9.96. The van der Waals surface area contributed by atoms with Gasteiger partial charge in [0.25, 0.3) is 5.88 Å². The molecule has 1 aliphatic rings. The Morgan fingerprint density at radius 1 is 1.23 bits per heavy atom. The van der Waals surface area contributed by atoms with E-state index in [9.17, 15) is 0 Å². The van der Waals surface area contributed by atoms with Crippen molar-refractivity contribution in [2.75, 3.05) is 0 Å². The molecule has 1 aromatic rings. The SMILES string of the molecule is Clc1nnc(Cl)c(OC2CCC2)n1. The van der Waals surface area contributed by atoms with E-state index in [1.165, 1.54) is 6.42 Å². The standard InChI is InChI=1S/C7H7Cl2N3O/c8-5-6(10-7(9)12-11-5)13-4-2-1-3-4/h4H,1-3H2. The number of aromatic nitrogens is 3. The number of hydrogen-bond donors (Lipinski definition) is 0. The zero-order valence-electron chi connectivity index (χ0n) is 6.70. The molecule has 1 aliphatic carbocycles. The van der Waals surface area contributed by atoms with Gasteiger partial charge in [-0.05, 0) is 30.9 Å². The molecule has 0 N–H and O–H groups in total. The lowest BCUT2D eigenvalue weighted by Crippen LogP contribution is -2.25. The van der Waals surface area contributed by atoms with Gasteiger partial charge in [-0.2, -0.15) is 4.98 Å². The number of nitrogens with zero attached hydrogens (tertiary/aromatic N) is 3. The highest BCUT2D eigenvalue weighted by Gasteiger charge is 2.21. The van der Waals surface area contributed by atoms with Crippen LogP contribution in [0, 0.1) is 0 Å². The molecule has 0 saturated heterocycles. The zero-order chi connectivity index (χ0) is 9.26. The van der Waals surface area contributed by atoms with Gasteiger partial charge < -0.3 is 4.74 Å². The first kappa shape index (κ1) is 8.97. The summed E-state index contributed by atoms with van der Waals surface area (Å²) in [7, 11) is 0. The molecule has 0 amide bonds. The maximum atomic E-state index is 5.70. The fourth-order valence-corrected chi connectivity index (χ4v) is 1.24. The molecule has 1 aromatic heterocycles. The van der Waals surface area contributed by atoms with Crippen molar-refractivity contribution >= 4 is 23.2 Å². The third-order valence-corrected chi connectivity index (χ3v) is 2.32. The molecule has 70 valence electrons. The Morgan fingerprint density at radius 2 is 2.00 bits per heavy atom. The van der Waals surface area contributed by atoms with E-state index in [0.29, 0.717) is 0 Å². The largest absolute Gasteiger partial charge is 0.472 e. The molecule has 13 heavy (non-hydrogen) atoms. The van der Waals surface area contributed by atoms with Gasteiger partial charge in [0, 0.05) is 0 Å². The van der Waals surface area contributed by atoms with Crippen molar-refractivity contribution in [1.29, 1.82) is 0 Å². The fraction of sp³-hybridized carbons (Fsp3) is 0.571. The second-order valence-electron chi connectivity index (χ2n) is 2.85. The number of ether oxygens (including phenoxy) is 1. The summed E-state index contributed by atoms with van der Waals surface area (Å²) in [6, 6.07) is 0. The van der Waals surface area contributed by atoms with Crippen molar-refractivity contribution in [2.24, 2.45) is 0 Å². The first-order valence-corrected chi connectivity index (χ1v) is 4.73. The minimum Gasteiger partial charge on any atom is -0.472 e. The molecule has 0 spiro atoms. The molecule has 0 radical (unpaired) electrons. The quantitative estimate of drug-likeness (QED) is 0.765. The van der Waals surface area contributed by atoms with Gasteiger partial charge >= 0.3 is 0 Å². The Kier molecular flexibility index (Phi) is 2.51. The van der Waals surface area contributed by atoms with E-state index >= 15 is 0 Å². The van der Waals surface area contributed by atoms with E-state index in [0.717, 1.165) is 12.8 Å². The molecular weight excluding hydrogens is 213 g/mol. The molecule has 0 unspecified atom stereocenters. The second-order valence-corrected chi connectivity index (χ2v) is 3.54. The van der Waals surface area contributed by atoms with Crippen LogP contribution in [0.3, 0.4) is 0 Å². The minimum atomic E-state index is 0.0544. The van der Waals surface area contributed by atoms with E-state index in [1.54, 1.807) is 0 Å². The summed E-state index contributed by atoms with van der Waals surface area (Å²) in [5.74, 6) is 0.284. The molecule has 1 saturated carbocycles. The Hall–Kier alpha value is -0.610. The van der Waals surface area contributed by atoms with Crippen LogP contribution in [0.2, 0.25) is 10.4 Å². The zero-order valence-corrected chi connectivity index (χ0v) is 8.22. The van der Waals surface area contributed by atoms with Crippen molar-refractivity contribution < 1.29 is 4.74 Å². The van der Waals surface area contributed by atoms with E-state index in [-0.39, 0.29) is 22.4 Å². The molecule has 1 fully saturated rings. The van der Waals surface area contributed by atoms with Gasteiger partial charge in [-0.3, -0.25) is 0 Å². The Balaban J connectivity index is 2.13. The predicted octanol–water partition coefficient (Wildman–Crippen LogP) is 2.11. The summed E-state index contributed by atoms with van der Waals surface area (Å²) in [5, 5.41) is 7.29. The minimum absolute atomic E-state index is 0.0544. The third-order valence-electron chi connectivity index (χ3n) is 1.92. The summed E-state index contributed by atoms with van der Waals surface area (Å²) in [6.45, 7) is 0. The summed E-state index contributed by atoms with van der Waals surface area (Å²) >= 11 is 11.2. The number of halogens is 2. The average Bonchev–Trinajstić information content (AvgIpc) is 2.03. The van der Waals surface area contributed by atoms with Crippen LogP contribution < -0.4 is 4.74 Å². The van der Waals surface area contributed by atoms with Crippen LogP contribution in [-0.4, -0.2) is 21.3 Å². The fourth-order valence-electron chi connectivity index (χ4n) is 1.00. The molecule has 0 atom stereocenters. The summed E-state index contributed by atoms with van der Waals surface area (Å²) < 4.78 is 5.43. The lowest BCUT2D eigenvalue weighted by Gasteiger charge is -2.25. The third kappa shape index (κ3) is 2.00. The molecule has 2 rings (SSSR count). The van der Waals surface area contributed by atoms with Crippen LogP contribution in [0.1, 0.15) is 19.3 Å². The summed E-state index contributed by atoms with van der Waals surface area (Å²) in [6.07, 6.45) is 3.48. The first-order chi connectivity index (χ1) is 6.25. The highest BCUT2D eigenvalue weighted by molar-refractivity contribution is 6.31. The molecule has 4 nitrogen and oxygen atoms in total. The van der Waals surface area contributed by atoms with Crippen molar-refractivity contribution in [3.05, 3.63) is 10.4 Å². The summed E-state index contributed by atoms with van der Waals surface area (Å²) in [4.78, 5) is 3.83. The van der Waals surface area contributed by atoms with E-state index < -0.39 is 0 Å². The van der Waals surface area contributed by atoms with Gasteiger partial charge in [-0.15, -0.1) is 10.2 Å². The van der Waals surface area contributed by atoms with Crippen LogP contribution in [-0.2, 0) is 0 Å². The van der Waals surface area contributed by atoms with Crippen LogP contribution >= 0.6 is 23.2 Å². The van der Waals surface area contributed by atoms with Crippen LogP contribution in [0.4, 0.5) is 0 Å². The van der Waals surface area contributed by atoms with Gasteiger partial charge in [0.2, 0.25) is 10.4 Å². The van der Waals surface area contributed by atoms with Gasteiger partial charge in [0.1, 0.15) is 6.10 Å². The lowest BCUT2D eigenvalue weighted by molar-refractivity contribution is 0.114. The maximum absolute atomic E-state index is 5.70. The van der Waals surface area contributed by atoms with Crippen LogP contribution in [0.25, 0.3) is 0 Å². The first-order valence-electron chi connectivity index (χ1n) is 3.98. The Morgan fingerprint density at radius 3 is 2.62 bits per heavy atom. The van der Waals surface area contributed by atoms with Gasteiger partial charge in [-0.1, -0.05) is 11.6 Å². The van der Waals surface area contributed by atoms with E-state index in [2.05, 4.69) is 15.2 Å². The second kappa shape index (κ2) is 3.64. The normalized spacial score (nSPS) is 16.8. The molecular formula is C7H7Cl2N3O. The molecule has 6 heteroatoms. The smallest absolute Gasteiger partial charge is 0.257 e. The highest BCUT2D eigenvalue weighted by Crippen LogP contribution is 2.27. The van der Waals surface area contributed by atoms with Crippen LogP contribution in [0.15, 0.2) is 0 Å². The monoisotopic (exact) mass is 219 g/mol. The molecule has 0 aliphatic heterocycles. The van der Waals surface area contributed by atoms with Gasteiger partial charge in [-0.25, -0.2) is 0 Å². The topological polar surface area (TPSA) is 47.9 Å². The number of rotatable bonds is 2. The average molecular weight is 220 g/mol. The van der Waals surface area contributed by atoms with Crippen molar-refractivity contribution in [2.45, 2.75) is 25.4 Å². The Labute approximate surface area is 85.2 Å². The molecule has 0 bridgehead atoms. The molecule has 0 aromatic carbocycles. The maximum Gasteiger partial charge on any atom is 0.257 e. The van der Waals surface area contributed by atoms with Gasteiger partial charge in [0.05, 0.1) is 0 Å². The van der Waals surface area contributed by atoms with E-state index in [4.69, 9.17) is 27.9 Å². The number of hydrogen-bond acceptors (Lipinski definition) is 4. The van der Waals surface area contributed by atoms with Crippen molar-refractivity contribution in [3.63, 3.8) is 0 Å². The Bertz CT molecular complexity index is 317. The highest BCUT2D eigenvalue weighted by atomic mass is 35.5. The van der Waals surface area contributed by atoms with Crippen molar-refractivity contribution in [1.82, 2.24) is 15.2 Å². The molecule has 1 heterocycles. The van der Waals surface area contributed by atoms with Gasteiger partial charge in [0.15, 0.2) is 0 Å². The van der Waals surface area contributed by atoms with Crippen LogP contribution in [0.5, 0.6) is 5.88 Å². The summed E-state index contributed by atoms with van der Waals surface area (Å²) in [5.41, 5.74) is 0. The predicted molar refractivity (Wildman–Crippen MR) is 48.1 cm³/mol.